The number of thioether (sulfide) groups is 1. The summed E-state index contributed by atoms with van der Waals surface area (Å²) in [5.74, 6) is 0.0324. The Hall–Kier alpha value is 0.390. The number of rotatable bonds is 0. The molecule has 1 fully saturated rings. The molecule has 1 atom stereocenters. The fourth-order valence-corrected chi connectivity index (χ4v) is 2.73. The predicted molar refractivity (Wildman–Crippen MR) is 45.7 cm³/mol. The van der Waals surface area contributed by atoms with Crippen molar-refractivity contribution in [2.75, 3.05) is 7.05 Å². The summed E-state index contributed by atoms with van der Waals surface area (Å²) in [4.78, 5) is 12.4. The topological polar surface area (TPSA) is 20.3 Å². The average Bonchev–Trinajstić information content (AvgIpc) is 1.98. The summed E-state index contributed by atoms with van der Waals surface area (Å²) < 4.78 is 0.483. The molecule has 0 radical (unpaired) electrons. The molecular weight excluding hydrogens is 222 g/mol. The molecule has 0 bridgehead atoms. The van der Waals surface area contributed by atoms with Crippen LogP contribution in [0.1, 0.15) is 0 Å². The molecule has 9 heavy (non-hydrogen) atoms. The number of nitrogens with zero attached hydrogens (tertiary/aromatic N) is 1. The third kappa shape index (κ3) is 1.28. The molecule has 1 saturated heterocycles. The highest BCUT2D eigenvalue weighted by Gasteiger charge is 2.31. The van der Waals surface area contributed by atoms with Crippen molar-refractivity contribution in [2.24, 2.45) is 0 Å². The predicted octanol–water partition coefficient (Wildman–Crippen LogP) is 1.20. The average molecular weight is 226 g/mol. The van der Waals surface area contributed by atoms with Gasteiger partial charge in [-0.1, -0.05) is 39.9 Å². The summed E-state index contributed by atoms with van der Waals surface area (Å²) in [5, 5.41) is 0. The third-order valence-electron chi connectivity index (χ3n) is 1.00. The van der Waals surface area contributed by atoms with Crippen LogP contribution in [-0.2, 0) is 4.79 Å². The maximum absolute atomic E-state index is 10.9. The van der Waals surface area contributed by atoms with Crippen LogP contribution in [0.3, 0.4) is 0 Å². The SMILES string of the molecule is CN1C(=O)C(Br)SC1=S. The molecule has 0 spiro atoms. The van der Waals surface area contributed by atoms with Gasteiger partial charge in [0, 0.05) is 7.05 Å². The maximum Gasteiger partial charge on any atom is 0.252 e. The van der Waals surface area contributed by atoms with Crippen molar-refractivity contribution in [3.8, 4) is 0 Å². The van der Waals surface area contributed by atoms with Crippen LogP contribution in [0, 0.1) is 0 Å². The number of hydrogen-bond donors (Lipinski definition) is 0. The lowest BCUT2D eigenvalue weighted by molar-refractivity contribution is -0.123. The highest BCUT2D eigenvalue weighted by molar-refractivity contribution is 9.12. The van der Waals surface area contributed by atoms with Gasteiger partial charge in [-0.25, -0.2) is 0 Å². The van der Waals surface area contributed by atoms with Crippen molar-refractivity contribution < 1.29 is 4.79 Å². The first-order valence-electron chi connectivity index (χ1n) is 2.25. The molecule has 1 aliphatic rings. The zero-order valence-corrected chi connectivity index (χ0v) is 7.85. The number of carbonyl (C=O) groups is 1. The van der Waals surface area contributed by atoms with E-state index >= 15 is 0 Å². The molecule has 1 unspecified atom stereocenters. The molecule has 0 aromatic rings. The van der Waals surface area contributed by atoms with E-state index in [2.05, 4.69) is 15.9 Å². The van der Waals surface area contributed by atoms with E-state index in [-0.39, 0.29) is 10.1 Å². The second-order valence-electron chi connectivity index (χ2n) is 1.60. The summed E-state index contributed by atoms with van der Waals surface area (Å²) in [5.41, 5.74) is 0. The zero-order valence-electron chi connectivity index (χ0n) is 4.63. The van der Waals surface area contributed by atoms with Gasteiger partial charge >= 0.3 is 0 Å². The molecule has 50 valence electrons. The van der Waals surface area contributed by atoms with E-state index in [4.69, 9.17) is 12.2 Å². The lowest BCUT2D eigenvalue weighted by Gasteiger charge is -2.03. The molecule has 0 saturated carbocycles. The normalized spacial score (nSPS) is 27.8. The minimum Gasteiger partial charge on any atom is -0.299 e. The van der Waals surface area contributed by atoms with Gasteiger partial charge in [0.1, 0.15) is 8.48 Å². The van der Waals surface area contributed by atoms with Crippen LogP contribution in [0.25, 0.3) is 0 Å². The first kappa shape index (κ1) is 7.50. The largest absolute Gasteiger partial charge is 0.299 e. The molecule has 5 heteroatoms. The number of halogens is 1. The Balaban J connectivity index is 2.77. The van der Waals surface area contributed by atoms with Crippen LogP contribution in [0.5, 0.6) is 0 Å². The summed E-state index contributed by atoms with van der Waals surface area (Å²) in [7, 11) is 1.68. The Labute approximate surface area is 71.1 Å². The fourth-order valence-electron chi connectivity index (χ4n) is 0.460. The summed E-state index contributed by atoms with van der Waals surface area (Å²) in [6, 6.07) is 0. The quantitative estimate of drug-likeness (QED) is 0.457. The van der Waals surface area contributed by atoms with Crippen LogP contribution in [-0.4, -0.2) is 26.3 Å². The number of thiocarbonyl (C=S) groups is 1. The number of alkyl halides is 1. The summed E-state index contributed by atoms with van der Waals surface area (Å²) >= 11 is 9.36. The van der Waals surface area contributed by atoms with E-state index in [0.717, 1.165) is 0 Å². The van der Waals surface area contributed by atoms with Crippen molar-refractivity contribution in [3.05, 3.63) is 0 Å². The van der Waals surface area contributed by atoms with E-state index in [0.29, 0.717) is 4.32 Å². The van der Waals surface area contributed by atoms with Gasteiger partial charge in [-0.3, -0.25) is 9.69 Å². The molecule has 2 nitrogen and oxygen atoms in total. The molecule has 1 aliphatic heterocycles. The van der Waals surface area contributed by atoms with Crippen molar-refractivity contribution in [2.45, 2.75) is 4.16 Å². The van der Waals surface area contributed by atoms with E-state index in [9.17, 15) is 4.79 Å². The molecule has 1 amide bonds. The molecule has 1 rings (SSSR count). The van der Waals surface area contributed by atoms with Crippen molar-refractivity contribution in [1.29, 1.82) is 0 Å². The van der Waals surface area contributed by atoms with Crippen LogP contribution < -0.4 is 0 Å². The Morgan fingerprint density at radius 1 is 1.89 bits per heavy atom. The molecule has 0 aromatic heterocycles. The number of hydrogen-bond acceptors (Lipinski definition) is 3. The number of carbonyl (C=O) groups excluding carboxylic acids is 1. The highest BCUT2D eigenvalue weighted by atomic mass is 79.9. The highest BCUT2D eigenvalue weighted by Crippen LogP contribution is 2.29. The fraction of sp³-hybridized carbons (Fsp3) is 0.500. The lowest BCUT2D eigenvalue weighted by Crippen LogP contribution is -2.24. The third-order valence-corrected chi connectivity index (χ3v) is 3.40. The standard InChI is InChI=1S/C4H4BrNOS2/c1-6-3(7)2(5)9-4(6)8/h2H,1H3. The van der Waals surface area contributed by atoms with Crippen LogP contribution in [0.15, 0.2) is 0 Å². The van der Waals surface area contributed by atoms with E-state index in [1.165, 1.54) is 16.7 Å². The lowest BCUT2D eigenvalue weighted by atomic mass is 10.6. The van der Waals surface area contributed by atoms with E-state index in [1.54, 1.807) is 7.05 Å². The van der Waals surface area contributed by atoms with Crippen LogP contribution in [0.4, 0.5) is 0 Å². The Morgan fingerprint density at radius 2 is 2.44 bits per heavy atom. The minimum absolute atomic E-state index is 0.0324. The first-order chi connectivity index (χ1) is 4.13. The van der Waals surface area contributed by atoms with Gasteiger partial charge in [0.2, 0.25) is 0 Å². The van der Waals surface area contributed by atoms with Gasteiger partial charge in [-0.05, 0) is 0 Å². The smallest absolute Gasteiger partial charge is 0.252 e. The zero-order chi connectivity index (χ0) is 7.02. The second kappa shape index (κ2) is 2.56. The van der Waals surface area contributed by atoms with Gasteiger partial charge in [-0.15, -0.1) is 0 Å². The Morgan fingerprint density at radius 3 is 2.56 bits per heavy atom. The van der Waals surface area contributed by atoms with Crippen molar-refractivity contribution in [1.82, 2.24) is 4.90 Å². The van der Waals surface area contributed by atoms with Gasteiger partial charge in [-0.2, -0.15) is 0 Å². The van der Waals surface area contributed by atoms with Crippen LogP contribution >= 0.6 is 39.9 Å². The second-order valence-corrected chi connectivity index (χ2v) is 4.86. The van der Waals surface area contributed by atoms with E-state index < -0.39 is 0 Å². The monoisotopic (exact) mass is 225 g/mol. The molecule has 1 heterocycles. The van der Waals surface area contributed by atoms with E-state index in [1.807, 2.05) is 0 Å². The van der Waals surface area contributed by atoms with Gasteiger partial charge in [0.25, 0.3) is 5.91 Å². The minimum atomic E-state index is -0.157. The number of amides is 1. The molecule has 0 aliphatic carbocycles. The molecule has 0 aromatic carbocycles. The van der Waals surface area contributed by atoms with Crippen molar-refractivity contribution >= 4 is 50.1 Å². The molecule has 0 N–H and O–H groups in total. The first-order valence-corrected chi connectivity index (χ1v) is 4.45. The van der Waals surface area contributed by atoms with Gasteiger partial charge in [0.05, 0.1) is 0 Å². The van der Waals surface area contributed by atoms with Gasteiger partial charge in [0.15, 0.2) is 0 Å². The Bertz CT molecular complexity index is 172. The maximum atomic E-state index is 10.9. The van der Waals surface area contributed by atoms with Crippen molar-refractivity contribution in [3.63, 3.8) is 0 Å². The Kier molecular flexibility index (Phi) is 2.13. The summed E-state index contributed by atoms with van der Waals surface area (Å²) in [6.45, 7) is 0. The molecular formula is C4H4BrNOS2. The van der Waals surface area contributed by atoms with Gasteiger partial charge < -0.3 is 0 Å². The summed E-state index contributed by atoms with van der Waals surface area (Å²) in [6.07, 6.45) is 0. The van der Waals surface area contributed by atoms with Crippen LogP contribution in [0.2, 0.25) is 0 Å².